The molecule has 0 bridgehead atoms. The van der Waals surface area contributed by atoms with Gasteiger partial charge in [-0.05, 0) is 43.6 Å². The summed E-state index contributed by atoms with van der Waals surface area (Å²) >= 11 is 3.34. The van der Waals surface area contributed by atoms with Crippen molar-refractivity contribution in [2.24, 2.45) is 0 Å². The Hall–Kier alpha value is -0.840. The van der Waals surface area contributed by atoms with E-state index in [9.17, 15) is 4.79 Å². The molecule has 0 aliphatic carbocycles. The summed E-state index contributed by atoms with van der Waals surface area (Å²) in [6, 6.07) is 0. The van der Waals surface area contributed by atoms with Gasteiger partial charge in [-0.2, -0.15) is 5.10 Å². The molecule has 1 aromatic rings. The van der Waals surface area contributed by atoms with E-state index in [2.05, 4.69) is 21.0 Å². The summed E-state index contributed by atoms with van der Waals surface area (Å²) < 4.78 is 2.40. The molecule has 0 unspecified atom stereocenters. The van der Waals surface area contributed by atoms with Crippen molar-refractivity contribution in [2.75, 3.05) is 0 Å². The third-order valence-electron chi connectivity index (χ3n) is 1.89. The van der Waals surface area contributed by atoms with Crippen LogP contribution in [0.2, 0.25) is 0 Å². The molecule has 0 atom stereocenters. The largest absolute Gasteiger partial charge is 0.476 e. The number of carbonyl (C=O) groups is 1. The van der Waals surface area contributed by atoms with E-state index in [1.165, 1.54) is 0 Å². The van der Waals surface area contributed by atoms with Gasteiger partial charge in [0.05, 0.1) is 5.54 Å². The van der Waals surface area contributed by atoms with E-state index in [1.54, 1.807) is 11.6 Å². The number of nitrogens with zero attached hydrogens (tertiary/aromatic N) is 2. The Morgan fingerprint density at radius 1 is 1.50 bits per heavy atom. The average Bonchev–Trinajstić information content (AvgIpc) is 2.28. The molecule has 0 amide bonds. The maximum absolute atomic E-state index is 10.8. The minimum absolute atomic E-state index is 0.104. The van der Waals surface area contributed by atoms with Gasteiger partial charge in [0.1, 0.15) is 4.60 Å². The summed E-state index contributed by atoms with van der Waals surface area (Å²) in [4.78, 5) is 10.8. The van der Waals surface area contributed by atoms with Crippen molar-refractivity contribution < 1.29 is 9.90 Å². The first kappa shape index (κ1) is 11.2. The summed E-state index contributed by atoms with van der Waals surface area (Å²) in [6.07, 6.45) is 0. The Kier molecular flexibility index (Phi) is 2.71. The number of halogens is 1. The molecule has 0 aromatic carbocycles. The van der Waals surface area contributed by atoms with E-state index >= 15 is 0 Å². The van der Waals surface area contributed by atoms with E-state index in [4.69, 9.17) is 5.11 Å². The zero-order chi connectivity index (χ0) is 11.1. The second-order valence-electron chi connectivity index (χ2n) is 4.15. The average molecular weight is 261 g/mol. The van der Waals surface area contributed by atoms with Crippen LogP contribution >= 0.6 is 15.9 Å². The normalized spacial score (nSPS) is 11.8. The Morgan fingerprint density at radius 3 is 2.21 bits per heavy atom. The van der Waals surface area contributed by atoms with Crippen LogP contribution in [-0.2, 0) is 5.54 Å². The second-order valence-corrected chi connectivity index (χ2v) is 4.90. The lowest BCUT2D eigenvalue weighted by atomic mass is 10.1. The molecule has 0 saturated carbocycles. The van der Waals surface area contributed by atoms with E-state index in [0.29, 0.717) is 5.56 Å². The fraction of sp³-hybridized carbons (Fsp3) is 0.556. The summed E-state index contributed by atoms with van der Waals surface area (Å²) in [6.45, 7) is 7.64. The molecule has 0 aliphatic rings. The Bertz CT molecular complexity index is 377. The van der Waals surface area contributed by atoms with Crippen LogP contribution in [0.1, 0.15) is 36.8 Å². The van der Waals surface area contributed by atoms with Crippen LogP contribution < -0.4 is 0 Å². The Balaban J connectivity index is 3.37. The molecule has 5 heteroatoms. The lowest BCUT2D eigenvalue weighted by Gasteiger charge is -2.20. The molecule has 1 N–H and O–H groups in total. The summed E-state index contributed by atoms with van der Waals surface area (Å²) in [5.74, 6) is -0.994. The molecule has 1 rings (SSSR count). The number of aromatic nitrogens is 2. The molecule has 0 spiro atoms. The lowest BCUT2D eigenvalue weighted by molar-refractivity contribution is 0.0688. The van der Waals surface area contributed by atoms with Crippen LogP contribution in [-0.4, -0.2) is 20.9 Å². The highest BCUT2D eigenvalue weighted by atomic mass is 79.9. The SMILES string of the molecule is Cc1c(C(=O)O)nn(C(C)(C)C)c1Br. The van der Waals surface area contributed by atoms with Gasteiger partial charge in [0.25, 0.3) is 0 Å². The van der Waals surface area contributed by atoms with Crippen molar-refractivity contribution in [3.63, 3.8) is 0 Å². The highest BCUT2D eigenvalue weighted by Crippen LogP contribution is 2.26. The van der Waals surface area contributed by atoms with Crippen LogP contribution in [0.3, 0.4) is 0 Å². The highest BCUT2D eigenvalue weighted by molar-refractivity contribution is 9.10. The zero-order valence-corrected chi connectivity index (χ0v) is 10.2. The first-order valence-electron chi connectivity index (χ1n) is 4.24. The standard InChI is InChI=1S/C9H13BrN2O2/c1-5-6(8(13)14)11-12(7(5)10)9(2,3)4/h1-4H3,(H,13,14). The number of carboxylic acid groups (broad SMARTS) is 1. The highest BCUT2D eigenvalue weighted by Gasteiger charge is 2.24. The topological polar surface area (TPSA) is 55.1 Å². The molecular weight excluding hydrogens is 248 g/mol. The lowest BCUT2D eigenvalue weighted by Crippen LogP contribution is -2.23. The van der Waals surface area contributed by atoms with Gasteiger partial charge in [-0.3, -0.25) is 4.68 Å². The molecule has 0 saturated heterocycles. The molecule has 0 aliphatic heterocycles. The van der Waals surface area contributed by atoms with Gasteiger partial charge in [-0.15, -0.1) is 0 Å². The molecule has 0 fully saturated rings. The quantitative estimate of drug-likeness (QED) is 0.844. The predicted octanol–water partition coefficient (Wildman–Crippen LogP) is 2.41. The van der Waals surface area contributed by atoms with Crippen molar-refractivity contribution in [3.8, 4) is 0 Å². The van der Waals surface area contributed by atoms with Crippen molar-refractivity contribution >= 4 is 21.9 Å². The molecule has 4 nitrogen and oxygen atoms in total. The number of rotatable bonds is 1. The monoisotopic (exact) mass is 260 g/mol. The number of hydrogen-bond acceptors (Lipinski definition) is 2. The van der Waals surface area contributed by atoms with Gasteiger partial charge in [0.2, 0.25) is 0 Å². The third kappa shape index (κ3) is 1.82. The summed E-state index contributed by atoms with van der Waals surface area (Å²) in [5.41, 5.74) is 0.538. The van der Waals surface area contributed by atoms with Crippen LogP contribution in [0, 0.1) is 6.92 Å². The van der Waals surface area contributed by atoms with E-state index in [-0.39, 0.29) is 11.2 Å². The number of hydrogen-bond donors (Lipinski definition) is 1. The first-order chi connectivity index (χ1) is 6.25. The Labute approximate surface area is 91.1 Å². The maximum Gasteiger partial charge on any atom is 0.356 e. The minimum Gasteiger partial charge on any atom is -0.476 e. The van der Waals surface area contributed by atoms with E-state index in [1.807, 2.05) is 20.8 Å². The van der Waals surface area contributed by atoms with Crippen molar-refractivity contribution in [1.82, 2.24) is 9.78 Å². The smallest absolute Gasteiger partial charge is 0.356 e. The van der Waals surface area contributed by atoms with Crippen LogP contribution in [0.4, 0.5) is 0 Å². The second kappa shape index (κ2) is 3.38. The van der Waals surface area contributed by atoms with Gasteiger partial charge >= 0.3 is 5.97 Å². The molecule has 78 valence electrons. The van der Waals surface area contributed by atoms with Crippen LogP contribution in [0.25, 0.3) is 0 Å². The van der Waals surface area contributed by atoms with Crippen LogP contribution in [0.15, 0.2) is 4.60 Å². The summed E-state index contributed by atoms with van der Waals surface area (Å²) in [5, 5.41) is 12.9. The molecule has 14 heavy (non-hydrogen) atoms. The summed E-state index contributed by atoms with van der Waals surface area (Å²) in [7, 11) is 0. The third-order valence-corrected chi connectivity index (χ3v) is 2.82. The van der Waals surface area contributed by atoms with E-state index < -0.39 is 5.97 Å². The van der Waals surface area contributed by atoms with Crippen molar-refractivity contribution in [2.45, 2.75) is 33.2 Å². The molecular formula is C9H13BrN2O2. The van der Waals surface area contributed by atoms with Gasteiger partial charge in [-0.25, -0.2) is 4.79 Å². The first-order valence-corrected chi connectivity index (χ1v) is 5.03. The molecule has 1 aromatic heterocycles. The fourth-order valence-corrected chi connectivity index (χ4v) is 1.92. The molecule has 1 heterocycles. The minimum atomic E-state index is -0.994. The fourth-order valence-electron chi connectivity index (χ4n) is 1.12. The van der Waals surface area contributed by atoms with Gasteiger partial charge in [-0.1, -0.05) is 0 Å². The zero-order valence-electron chi connectivity index (χ0n) is 8.63. The Morgan fingerprint density at radius 2 is 2.00 bits per heavy atom. The van der Waals surface area contributed by atoms with Gasteiger partial charge in [0.15, 0.2) is 5.69 Å². The maximum atomic E-state index is 10.8. The van der Waals surface area contributed by atoms with Crippen LogP contribution in [0.5, 0.6) is 0 Å². The molecule has 0 radical (unpaired) electrons. The number of carboxylic acids is 1. The van der Waals surface area contributed by atoms with Crippen molar-refractivity contribution in [1.29, 1.82) is 0 Å². The number of aromatic carboxylic acids is 1. The predicted molar refractivity (Wildman–Crippen MR) is 56.6 cm³/mol. The van der Waals surface area contributed by atoms with E-state index in [0.717, 1.165) is 4.60 Å². The van der Waals surface area contributed by atoms with Gasteiger partial charge in [0, 0.05) is 5.56 Å². The van der Waals surface area contributed by atoms with Crippen molar-refractivity contribution in [3.05, 3.63) is 15.9 Å². The van der Waals surface area contributed by atoms with Gasteiger partial charge < -0.3 is 5.11 Å².